The summed E-state index contributed by atoms with van der Waals surface area (Å²) < 4.78 is 16.6. The number of hydrogen-bond donors (Lipinski definition) is 0. The lowest BCUT2D eigenvalue weighted by Crippen LogP contribution is -2.09. The zero-order chi connectivity index (χ0) is 16.8. The van der Waals surface area contributed by atoms with Gasteiger partial charge in [-0.1, -0.05) is 30.3 Å². The molecule has 0 unspecified atom stereocenters. The summed E-state index contributed by atoms with van der Waals surface area (Å²) in [6.45, 7) is 0.792. The summed E-state index contributed by atoms with van der Waals surface area (Å²) in [5.74, 6) is 1.93. The van der Waals surface area contributed by atoms with Crippen molar-refractivity contribution in [3.05, 3.63) is 66.2 Å². The van der Waals surface area contributed by atoms with Crippen molar-refractivity contribution in [2.75, 3.05) is 20.3 Å². The molecule has 0 amide bonds. The number of fused-ring (bicyclic) bond motifs is 1. The summed E-state index contributed by atoms with van der Waals surface area (Å²) in [4.78, 5) is 10.8. The molecule has 3 aromatic carbocycles. The molecule has 0 heterocycles. The molecule has 0 atom stereocenters. The number of hydrogen-bond acceptors (Lipinski definition) is 4. The Morgan fingerprint density at radius 2 is 1.62 bits per heavy atom. The Morgan fingerprint density at radius 3 is 2.42 bits per heavy atom. The molecule has 4 heteroatoms. The Bertz CT molecular complexity index is 842. The molecule has 24 heavy (non-hydrogen) atoms. The molecule has 0 saturated heterocycles. The Kier molecular flexibility index (Phi) is 4.96. The maximum absolute atomic E-state index is 10.8. The van der Waals surface area contributed by atoms with Crippen LogP contribution in [0, 0.1) is 0 Å². The van der Waals surface area contributed by atoms with E-state index in [1.165, 1.54) is 5.39 Å². The van der Waals surface area contributed by atoms with Crippen molar-refractivity contribution in [2.45, 2.75) is 0 Å². The van der Waals surface area contributed by atoms with Gasteiger partial charge in [-0.25, -0.2) is 0 Å². The van der Waals surface area contributed by atoms with Crippen LogP contribution in [0.5, 0.6) is 17.2 Å². The van der Waals surface area contributed by atoms with Crippen molar-refractivity contribution < 1.29 is 19.0 Å². The van der Waals surface area contributed by atoms with Gasteiger partial charge in [-0.3, -0.25) is 4.79 Å². The minimum absolute atomic E-state index is 0.379. The maximum Gasteiger partial charge on any atom is 0.161 e. The Labute approximate surface area is 140 Å². The summed E-state index contributed by atoms with van der Waals surface area (Å²) in [6.07, 6.45) is 0.773. The van der Waals surface area contributed by atoms with Crippen LogP contribution in [0.3, 0.4) is 0 Å². The second-order valence-electron chi connectivity index (χ2n) is 5.23. The van der Waals surface area contributed by atoms with E-state index in [2.05, 4.69) is 12.1 Å². The van der Waals surface area contributed by atoms with Crippen LogP contribution in [0.25, 0.3) is 10.8 Å². The molecule has 0 aromatic heterocycles. The molecule has 0 spiro atoms. The zero-order valence-electron chi connectivity index (χ0n) is 13.4. The van der Waals surface area contributed by atoms with Gasteiger partial charge in [0.1, 0.15) is 25.2 Å². The van der Waals surface area contributed by atoms with Gasteiger partial charge in [-0.15, -0.1) is 0 Å². The minimum Gasteiger partial charge on any atom is -0.493 e. The third kappa shape index (κ3) is 3.66. The standard InChI is InChI=1S/C20H18O4/c1-22-20-12-15(14-21)6-9-19(20)24-11-10-23-18-8-7-16-4-2-3-5-17(16)13-18/h2-9,12-14H,10-11H2,1H3. The van der Waals surface area contributed by atoms with E-state index in [1.54, 1.807) is 25.3 Å². The topological polar surface area (TPSA) is 44.8 Å². The Morgan fingerprint density at radius 1 is 0.833 bits per heavy atom. The predicted octanol–water partition coefficient (Wildman–Crippen LogP) is 4.12. The summed E-state index contributed by atoms with van der Waals surface area (Å²) >= 11 is 0. The molecule has 3 aromatic rings. The molecular weight excluding hydrogens is 304 g/mol. The highest BCUT2D eigenvalue weighted by Crippen LogP contribution is 2.27. The summed E-state index contributed by atoms with van der Waals surface area (Å²) in [5, 5.41) is 2.32. The first-order valence-electron chi connectivity index (χ1n) is 7.68. The monoisotopic (exact) mass is 322 g/mol. The fourth-order valence-electron chi connectivity index (χ4n) is 2.45. The average Bonchev–Trinajstić information content (AvgIpc) is 2.65. The number of carbonyl (C=O) groups is 1. The highest BCUT2D eigenvalue weighted by atomic mass is 16.5. The van der Waals surface area contributed by atoms with Crippen molar-refractivity contribution in [1.82, 2.24) is 0 Å². The van der Waals surface area contributed by atoms with E-state index in [0.29, 0.717) is 30.3 Å². The molecule has 0 aliphatic heterocycles. The summed E-state index contributed by atoms with van der Waals surface area (Å²) in [6, 6.07) is 19.2. The van der Waals surface area contributed by atoms with Crippen molar-refractivity contribution in [3.8, 4) is 17.2 Å². The molecule has 0 saturated carbocycles. The van der Waals surface area contributed by atoms with Crippen LogP contribution in [0.1, 0.15) is 10.4 Å². The highest BCUT2D eigenvalue weighted by molar-refractivity contribution is 5.83. The van der Waals surface area contributed by atoms with Crippen LogP contribution in [0.15, 0.2) is 60.7 Å². The van der Waals surface area contributed by atoms with Gasteiger partial charge in [0.25, 0.3) is 0 Å². The fourth-order valence-corrected chi connectivity index (χ4v) is 2.45. The highest BCUT2D eigenvalue weighted by Gasteiger charge is 2.05. The molecule has 0 bridgehead atoms. The van der Waals surface area contributed by atoms with Crippen molar-refractivity contribution in [3.63, 3.8) is 0 Å². The van der Waals surface area contributed by atoms with Gasteiger partial charge in [-0.05, 0) is 41.1 Å². The van der Waals surface area contributed by atoms with Crippen LogP contribution >= 0.6 is 0 Å². The Hall–Kier alpha value is -3.01. The van der Waals surface area contributed by atoms with Crippen molar-refractivity contribution in [2.24, 2.45) is 0 Å². The van der Waals surface area contributed by atoms with E-state index >= 15 is 0 Å². The van der Waals surface area contributed by atoms with E-state index in [-0.39, 0.29) is 0 Å². The maximum atomic E-state index is 10.8. The molecule has 0 radical (unpaired) electrons. The lowest BCUT2D eigenvalue weighted by atomic mass is 10.1. The molecule has 0 aliphatic carbocycles. The number of aldehydes is 1. The third-order valence-corrected chi connectivity index (χ3v) is 3.65. The molecule has 0 aliphatic rings. The first-order valence-corrected chi connectivity index (χ1v) is 7.68. The fraction of sp³-hybridized carbons (Fsp3) is 0.150. The van der Waals surface area contributed by atoms with Gasteiger partial charge in [-0.2, -0.15) is 0 Å². The van der Waals surface area contributed by atoms with E-state index in [0.717, 1.165) is 17.4 Å². The lowest BCUT2D eigenvalue weighted by molar-refractivity contribution is 0.112. The van der Waals surface area contributed by atoms with Gasteiger partial charge in [0.2, 0.25) is 0 Å². The molecule has 122 valence electrons. The second-order valence-corrected chi connectivity index (χ2v) is 5.23. The molecular formula is C20H18O4. The smallest absolute Gasteiger partial charge is 0.161 e. The average molecular weight is 322 g/mol. The molecule has 3 rings (SSSR count). The van der Waals surface area contributed by atoms with Gasteiger partial charge in [0.05, 0.1) is 7.11 Å². The van der Waals surface area contributed by atoms with Crippen molar-refractivity contribution in [1.29, 1.82) is 0 Å². The normalized spacial score (nSPS) is 10.4. The number of ether oxygens (including phenoxy) is 3. The van der Waals surface area contributed by atoms with E-state index < -0.39 is 0 Å². The molecule has 4 nitrogen and oxygen atoms in total. The molecule has 0 fully saturated rings. The first kappa shape index (κ1) is 15.9. The van der Waals surface area contributed by atoms with Crippen LogP contribution in [-0.2, 0) is 0 Å². The lowest BCUT2D eigenvalue weighted by Gasteiger charge is -2.12. The SMILES string of the molecule is COc1cc(C=O)ccc1OCCOc1ccc2ccccc2c1. The van der Waals surface area contributed by atoms with Gasteiger partial charge < -0.3 is 14.2 Å². The van der Waals surface area contributed by atoms with Gasteiger partial charge in [0, 0.05) is 5.56 Å². The van der Waals surface area contributed by atoms with E-state index in [9.17, 15) is 4.79 Å². The quantitative estimate of drug-likeness (QED) is 0.485. The van der Waals surface area contributed by atoms with E-state index in [1.807, 2.05) is 30.3 Å². The van der Waals surface area contributed by atoms with E-state index in [4.69, 9.17) is 14.2 Å². The third-order valence-electron chi connectivity index (χ3n) is 3.65. The predicted molar refractivity (Wildman–Crippen MR) is 93.3 cm³/mol. The zero-order valence-corrected chi connectivity index (χ0v) is 13.4. The number of rotatable bonds is 7. The Balaban J connectivity index is 1.57. The molecule has 0 N–H and O–H groups in total. The van der Waals surface area contributed by atoms with Crippen molar-refractivity contribution >= 4 is 17.1 Å². The summed E-state index contributed by atoms with van der Waals surface area (Å²) in [5.41, 5.74) is 0.548. The minimum atomic E-state index is 0.379. The van der Waals surface area contributed by atoms with Crippen LogP contribution in [-0.4, -0.2) is 26.6 Å². The second kappa shape index (κ2) is 7.51. The van der Waals surface area contributed by atoms with Crippen LogP contribution in [0.4, 0.5) is 0 Å². The number of methoxy groups -OCH3 is 1. The largest absolute Gasteiger partial charge is 0.493 e. The van der Waals surface area contributed by atoms with Gasteiger partial charge in [0.15, 0.2) is 11.5 Å². The van der Waals surface area contributed by atoms with Gasteiger partial charge >= 0.3 is 0 Å². The number of carbonyl (C=O) groups excluding carboxylic acids is 1. The van der Waals surface area contributed by atoms with Crippen LogP contribution in [0.2, 0.25) is 0 Å². The number of benzene rings is 3. The summed E-state index contributed by atoms with van der Waals surface area (Å²) in [7, 11) is 1.54. The van der Waals surface area contributed by atoms with Crippen LogP contribution < -0.4 is 14.2 Å². The first-order chi connectivity index (χ1) is 11.8.